The van der Waals surface area contributed by atoms with Gasteiger partial charge in [0.15, 0.2) is 0 Å². The highest BCUT2D eigenvalue weighted by Gasteiger charge is 2.31. The third-order valence-electron chi connectivity index (χ3n) is 6.50. The summed E-state index contributed by atoms with van der Waals surface area (Å²) in [5.41, 5.74) is 0.884. The lowest BCUT2D eigenvalue weighted by molar-refractivity contribution is -0.127. The summed E-state index contributed by atoms with van der Waals surface area (Å²) in [4.78, 5) is 17.2. The van der Waals surface area contributed by atoms with Crippen LogP contribution in [0.15, 0.2) is 24.3 Å². The number of piperazine rings is 1. The van der Waals surface area contributed by atoms with Crippen molar-refractivity contribution < 1.29 is 9.90 Å². The van der Waals surface area contributed by atoms with E-state index in [-0.39, 0.29) is 11.9 Å². The Bertz CT molecular complexity index is 613. The molecule has 2 N–H and O–H groups in total. The fourth-order valence-corrected chi connectivity index (χ4v) is 4.34. The molecule has 144 valence electrons. The van der Waals surface area contributed by atoms with Gasteiger partial charge in [-0.05, 0) is 37.3 Å². The number of benzene rings is 1. The summed E-state index contributed by atoms with van der Waals surface area (Å²) < 4.78 is 0. The fourth-order valence-electron chi connectivity index (χ4n) is 4.34. The van der Waals surface area contributed by atoms with Crippen molar-refractivity contribution in [2.24, 2.45) is 11.8 Å². The van der Waals surface area contributed by atoms with Crippen molar-refractivity contribution in [3.8, 4) is 5.75 Å². The molecular weight excluding hydrogens is 326 g/mol. The zero-order valence-corrected chi connectivity index (χ0v) is 16.3. The maximum absolute atomic E-state index is 12.8. The molecule has 1 saturated carbocycles. The minimum atomic E-state index is -0.106. The van der Waals surface area contributed by atoms with Crippen molar-refractivity contribution in [3.05, 3.63) is 24.3 Å². The van der Waals surface area contributed by atoms with E-state index in [1.807, 2.05) is 25.1 Å². The zero-order chi connectivity index (χ0) is 18.7. The lowest BCUT2D eigenvalue weighted by atomic mass is 9.78. The molecule has 26 heavy (non-hydrogen) atoms. The van der Waals surface area contributed by atoms with E-state index < -0.39 is 0 Å². The highest BCUT2D eigenvalue weighted by molar-refractivity contribution is 5.81. The minimum Gasteiger partial charge on any atom is -0.506 e. The Labute approximate surface area is 157 Å². The molecule has 1 saturated heterocycles. The summed E-state index contributed by atoms with van der Waals surface area (Å²) in [5.74, 6) is 1.73. The van der Waals surface area contributed by atoms with Gasteiger partial charge in [0, 0.05) is 32.2 Å². The van der Waals surface area contributed by atoms with Crippen LogP contribution >= 0.6 is 0 Å². The summed E-state index contributed by atoms with van der Waals surface area (Å²) in [6.45, 7) is 9.90. The average Bonchev–Trinajstić information content (AvgIpc) is 2.65. The predicted molar refractivity (Wildman–Crippen MR) is 105 cm³/mol. The molecule has 2 fully saturated rings. The van der Waals surface area contributed by atoms with Gasteiger partial charge in [0.05, 0.1) is 11.7 Å². The van der Waals surface area contributed by atoms with Crippen molar-refractivity contribution >= 4 is 11.6 Å². The largest absolute Gasteiger partial charge is 0.506 e. The third-order valence-corrected chi connectivity index (χ3v) is 6.50. The van der Waals surface area contributed by atoms with Gasteiger partial charge >= 0.3 is 0 Å². The van der Waals surface area contributed by atoms with Crippen LogP contribution in [0.3, 0.4) is 0 Å². The summed E-state index contributed by atoms with van der Waals surface area (Å²) in [7, 11) is 0. The van der Waals surface area contributed by atoms with Crippen LogP contribution in [0, 0.1) is 11.8 Å². The second-order valence-corrected chi connectivity index (χ2v) is 8.07. The van der Waals surface area contributed by atoms with Crippen LogP contribution in [-0.4, -0.2) is 54.2 Å². The maximum Gasteiger partial charge on any atom is 0.237 e. The maximum atomic E-state index is 12.8. The summed E-state index contributed by atoms with van der Waals surface area (Å²) >= 11 is 0. The lowest BCUT2D eigenvalue weighted by Gasteiger charge is -2.40. The second-order valence-electron chi connectivity index (χ2n) is 8.07. The molecule has 0 spiro atoms. The number of carbonyl (C=O) groups is 1. The number of para-hydroxylation sites is 2. The van der Waals surface area contributed by atoms with Crippen molar-refractivity contribution in [2.45, 2.75) is 52.1 Å². The molecule has 1 aromatic carbocycles. The molecule has 0 radical (unpaired) electrons. The van der Waals surface area contributed by atoms with Gasteiger partial charge in [-0.3, -0.25) is 9.69 Å². The van der Waals surface area contributed by atoms with Crippen LogP contribution in [0.4, 0.5) is 5.69 Å². The van der Waals surface area contributed by atoms with Crippen LogP contribution in [-0.2, 0) is 4.79 Å². The molecule has 1 heterocycles. The first-order chi connectivity index (χ1) is 12.5. The number of anilines is 1. The Morgan fingerprint density at radius 2 is 1.85 bits per heavy atom. The topological polar surface area (TPSA) is 55.8 Å². The number of hydrogen-bond donors (Lipinski definition) is 2. The molecular formula is C21H33N3O2. The highest BCUT2D eigenvalue weighted by Crippen LogP contribution is 2.30. The Kier molecular flexibility index (Phi) is 6.07. The summed E-state index contributed by atoms with van der Waals surface area (Å²) in [6.07, 6.45) is 3.59. The third kappa shape index (κ3) is 4.14. The van der Waals surface area contributed by atoms with E-state index >= 15 is 0 Å². The molecule has 0 aromatic heterocycles. The molecule has 2 aliphatic rings. The molecule has 0 unspecified atom stereocenters. The fraction of sp³-hybridized carbons (Fsp3) is 0.667. The Hall–Kier alpha value is -1.75. The van der Waals surface area contributed by atoms with E-state index in [4.69, 9.17) is 0 Å². The van der Waals surface area contributed by atoms with E-state index in [0.717, 1.165) is 38.3 Å². The molecule has 1 aliphatic heterocycles. The number of phenolic OH excluding ortho intramolecular Hbond substituents is 1. The van der Waals surface area contributed by atoms with Crippen LogP contribution < -0.4 is 10.2 Å². The number of carbonyl (C=O) groups excluding carboxylic acids is 1. The van der Waals surface area contributed by atoms with E-state index in [9.17, 15) is 9.90 Å². The Morgan fingerprint density at radius 3 is 2.54 bits per heavy atom. The number of nitrogens with one attached hydrogen (secondary N) is 1. The summed E-state index contributed by atoms with van der Waals surface area (Å²) in [6, 6.07) is 7.68. The van der Waals surface area contributed by atoms with Crippen LogP contribution in [0.2, 0.25) is 0 Å². The van der Waals surface area contributed by atoms with Gasteiger partial charge < -0.3 is 15.3 Å². The lowest BCUT2D eigenvalue weighted by Crippen LogP contribution is -2.56. The van der Waals surface area contributed by atoms with Gasteiger partial charge in [0.2, 0.25) is 5.91 Å². The van der Waals surface area contributed by atoms with Crippen molar-refractivity contribution in [2.75, 3.05) is 31.1 Å². The first-order valence-corrected chi connectivity index (χ1v) is 10.0. The van der Waals surface area contributed by atoms with E-state index in [2.05, 4.69) is 29.0 Å². The number of hydrogen-bond acceptors (Lipinski definition) is 4. The number of nitrogens with zero attached hydrogens (tertiary/aromatic N) is 2. The van der Waals surface area contributed by atoms with Gasteiger partial charge in [-0.15, -0.1) is 0 Å². The number of rotatable bonds is 4. The van der Waals surface area contributed by atoms with Crippen LogP contribution in [0.5, 0.6) is 5.75 Å². The van der Waals surface area contributed by atoms with Gasteiger partial charge in [-0.25, -0.2) is 0 Å². The molecule has 1 aromatic rings. The predicted octanol–water partition coefficient (Wildman–Crippen LogP) is 2.84. The standard InChI is InChI=1S/C21H33N3O2/c1-15-7-6-8-18(16(15)2)22-21(26)17(3)23-11-13-24(14-12-23)19-9-4-5-10-20(19)25/h4-5,9-10,15-18,25H,6-8,11-14H2,1-3H3,(H,22,26)/t15-,16-,17-,18-/m1/s1. The van der Waals surface area contributed by atoms with Gasteiger partial charge in [-0.1, -0.05) is 38.8 Å². The zero-order valence-electron chi connectivity index (χ0n) is 16.3. The average molecular weight is 360 g/mol. The quantitative estimate of drug-likeness (QED) is 0.868. The monoisotopic (exact) mass is 359 g/mol. The molecule has 3 rings (SSSR count). The molecule has 5 heteroatoms. The van der Waals surface area contributed by atoms with Crippen LogP contribution in [0.1, 0.15) is 40.0 Å². The van der Waals surface area contributed by atoms with E-state index in [1.54, 1.807) is 6.07 Å². The van der Waals surface area contributed by atoms with Gasteiger partial charge in [-0.2, -0.15) is 0 Å². The number of amides is 1. The van der Waals surface area contributed by atoms with Crippen molar-refractivity contribution in [3.63, 3.8) is 0 Å². The number of phenols is 1. The minimum absolute atomic E-state index is 0.106. The van der Waals surface area contributed by atoms with E-state index in [0.29, 0.717) is 23.6 Å². The van der Waals surface area contributed by atoms with Crippen LogP contribution in [0.25, 0.3) is 0 Å². The molecule has 1 amide bonds. The molecule has 4 atom stereocenters. The SMILES string of the molecule is C[C@@H]1[C@H](C)CCC[C@H]1NC(=O)[C@@H](C)N1CCN(c2ccccc2O)CC1. The van der Waals surface area contributed by atoms with E-state index in [1.165, 1.54) is 12.8 Å². The molecule has 0 bridgehead atoms. The Balaban J connectivity index is 1.52. The van der Waals surface area contributed by atoms with Gasteiger partial charge in [0.25, 0.3) is 0 Å². The molecule has 5 nitrogen and oxygen atoms in total. The highest BCUT2D eigenvalue weighted by atomic mass is 16.3. The normalized spacial score (nSPS) is 28.6. The number of aromatic hydroxyl groups is 1. The smallest absolute Gasteiger partial charge is 0.237 e. The van der Waals surface area contributed by atoms with Crippen molar-refractivity contribution in [1.82, 2.24) is 10.2 Å². The molecule has 1 aliphatic carbocycles. The Morgan fingerprint density at radius 1 is 1.15 bits per heavy atom. The van der Waals surface area contributed by atoms with Crippen molar-refractivity contribution in [1.29, 1.82) is 0 Å². The summed E-state index contributed by atoms with van der Waals surface area (Å²) in [5, 5.41) is 13.3. The second kappa shape index (κ2) is 8.30. The van der Waals surface area contributed by atoms with Gasteiger partial charge in [0.1, 0.15) is 5.75 Å². The first-order valence-electron chi connectivity index (χ1n) is 10.0. The first kappa shape index (κ1) is 19.0.